The van der Waals surface area contributed by atoms with E-state index in [1.165, 1.54) is 17.9 Å². The molecule has 1 fully saturated rings. The number of benzene rings is 1. The highest BCUT2D eigenvalue weighted by Gasteiger charge is 2.14. The van der Waals surface area contributed by atoms with Crippen LogP contribution in [0.15, 0.2) is 24.3 Å². The second-order valence-corrected chi connectivity index (χ2v) is 5.60. The lowest BCUT2D eigenvalue weighted by Gasteiger charge is -2.20. The summed E-state index contributed by atoms with van der Waals surface area (Å²) < 4.78 is 0. The number of amides is 1. The summed E-state index contributed by atoms with van der Waals surface area (Å²) in [6.07, 6.45) is 1.22. The molecule has 1 aliphatic heterocycles. The van der Waals surface area contributed by atoms with Crippen molar-refractivity contribution >= 4 is 17.7 Å². The number of hydrogen-bond donors (Lipinski definition) is 2. The Hall–Kier alpha value is -1.04. The quantitative estimate of drug-likeness (QED) is 0.490. The minimum Gasteiger partial charge on any atom is -0.298 e. The molecule has 1 aromatic carbocycles. The molecule has 18 heavy (non-hydrogen) atoms. The molecule has 1 amide bonds. The highest BCUT2D eigenvalue weighted by molar-refractivity contribution is 7.99. The van der Waals surface area contributed by atoms with E-state index in [-0.39, 0.29) is 5.91 Å². The van der Waals surface area contributed by atoms with Gasteiger partial charge in [-0.15, -0.1) is 0 Å². The van der Waals surface area contributed by atoms with Crippen LogP contribution in [0.4, 0.5) is 0 Å². The standard InChI is InChI=1S/C13H19N3OS/c14-15-13(17)12-5-2-1-4-11(12)10-16-6-3-8-18-9-7-16/h1-2,4-5H,3,6-10,14H2,(H,15,17). The van der Waals surface area contributed by atoms with Crippen LogP contribution in [0.1, 0.15) is 22.3 Å². The minimum atomic E-state index is -0.213. The topological polar surface area (TPSA) is 58.4 Å². The van der Waals surface area contributed by atoms with Crippen molar-refractivity contribution in [1.82, 2.24) is 10.3 Å². The number of rotatable bonds is 3. The summed E-state index contributed by atoms with van der Waals surface area (Å²) in [6, 6.07) is 7.66. The van der Waals surface area contributed by atoms with Gasteiger partial charge in [0, 0.05) is 24.4 Å². The van der Waals surface area contributed by atoms with Crippen LogP contribution in [0.5, 0.6) is 0 Å². The first-order valence-corrected chi connectivity index (χ1v) is 7.35. The lowest BCUT2D eigenvalue weighted by atomic mass is 10.1. The predicted octanol–water partition coefficient (Wildman–Crippen LogP) is 1.23. The second-order valence-electron chi connectivity index (χ2n) is 4.37. The Morgan fingerprint density at radius 2 is 2.17 bits per heavy atom. The van der Waals surface area contributed by atoms with E-state index in [1.807, 2.05) is 36.0 Å². The molecule has 98 valence electrons. The number of nitrogens with one attached hydrogen (secondary N) is 1. The van der Waals surface area contributed by atoms with Crippen molar-refractivity contribution in [1.29, 1.82) is 0 Å². The summed E-state index contributed by atoms with van der Waals surface area (Å²) in [7, 11) is 0. The van der Waals surface area contributed by atoms with Crippen LogP contribution in [0, 0.1) is 0 Å². The van der Waals surface area contributed by atoms with Crippen molar-refractivity contribution in [2.75, 3.05) is 24.6 Å². The first kappa shape index (κ1) is 13.4. The zero-order chi connectivity index (χ0) is 12.8. The van der Waals surface area contributed by atoms with Gasteiger partial charge in [-0.25, -0.2) is 5.84 Å². The van der Waals surface area contributed by atoms with Crippen molar-refractivity contribution in [2.45, 2.75) is 13.0 Å². The Kier molecular flexibility index (Phi) is 5.04. The average Bonchev–Trinajstić information content (AvgIpc) is 2.67. The maximum atomic E-state index is 11.7. The predicted molar refractivity (Wildman–Crippen MR) is 75.3 cm³/mol. The number of hydrogen-bond acceptors (Lipinski definition) is 4. The molecule has 0 saturated carbocycles. The molecule has 3 N–H and O–H groups in total. The molecule has 0 bridgehead atoms. The summed E-state index contributed by atoms with van der Waals surface area (Å²) in [5.41, 5.74) is 3.94. The Balaban J connectivity index is 2.10. The summed E-state index contributed by atoms with van der Waals surface area (Å²) in [5.74, 6) is 7.41. The maximum absolute atomic E-state index is 11.7. The number of nitrogen functional groups attached to an aromatic ring is 1. The zero-order valence-electron chi connectivity index (χ0n) is 10.4. The number of carbonyl (C=O) groups is 1. The van der Waals surface area contributed by atoms with E-state index >= 15 is 0 Å². The Morgan fingerprint density at radius 1 is 1.33 bits per heavy atom. The van der Waals surface area contributed by atoms with Crippen molar-refractivity contribution in [3.05, 3.63) is 35.4 Å². The zero-order valence-corrected chi connectivity index (χ0v) is 11.2. The van der Waals surface area contributed by atoms with E-state index in [0.717, 1.165) is 25.2 Å². The van der Waals surface area contributed by atoms with Crippen LogP contribution in [0.25, 0.3) is 0 Å². The van der Waals surface area contributed by atoms with Gasteiger partial charge in [-0.2, -0.15) is 11.8 Å². The van der Waals surface area contributed by atoms with Crippen molar-refractivity contribution in [3.8, 4) is 0 Å². The number of carbonyl (C=O) groups excluding carboxylic acids is 1. The third-order valence-electron chi connectivity index (χ3n) is 3.10. The van der Waals surface area contributed by atoms with Gasteiger partial charge in [-0.05, 0) is 30.3 Å². The second kappa shape index (κ2) is 6.78. The van der Waals surface area contributed by atoms with Gasteiger partial charge >= 0.3 is 0 Å². The van der Waals surface area contributed by atoms with Gasteiger partial charge in [-0.3, -0.25) is 15.1 Å². The van der Waals surface area contributed by atoms with E-state index in [0.29, 0.717) is 5.56 Å². The Morgan fingerprint density at radius 3 is 3.00 bits per heavy atom. The van der Waals surface area contributed by atoms with E-state index < -0.39 is 0 Å². The molecule has 0 atom stereocenters. The van der Waals surface area contributed by atoms with Crippen LogP contribution in [0.2, 0.25) is 0 Å². The largest absolute Gasteiger partial charge is 0.298 e. The Bertz CT molecular complexity index is 403. The average molecular weight is 265 g/mol. The van der Waals surface area contributed by atoms with E-state index in [1.54, 1.807) is 0 Å². The fraction of sp³-hybridized carbons (Fsp3) is 0.462. The lowest BCUT2D eigenvalue weighted by molar-refractivity contribution is 0.0951. The normalized spacial score (nSPS) is 17.2. The molecular weight excluding hydrogens is 246 g/mol. The smallest absolute Gasteiger partial charge is 0.265 e. The molecule has 4 nitrogen and oxygen atoms in total. The highest BCUT2D eigenvalue weighted by Crippen LogP contribution is 2.15. The lowest BCUT2D eigenvalue weighted by Crippen LogP contribution is -2.32. The molecule has 0 radical (unpaired) electrons. The third kappa shape index (κ3) is 3.48. The first-order valence-electron chi connectivity index (χ1n) is 6.20. The molecule has 1 aromatic rings. The molecule has 1 heterocycles. The monoisotopic (exact) mass is 265 g/mol. The van der Waals surface area contributed by atoms with E-state index in [9.17, 15) is 4.79 Å². The van der Waals surface area contributed by atoms with E-state index in [2.05, 4.69) is 10.3 Å². The number of thioether (sulfide) groups is 1. The summed E-state index contributed by atoms with van der Waals surface area (Å²) in [6.45, 7) is 3.01. The minimum absolute atomic E-state index is 0.213. The maximum Gasteiger partial charge on any atom is 0.265 e. The van der Waals surface area contributed by atoms with Gasteiger partial charge in [0.25, 0.3) is 5.91 Å². The van der Waals surface area contributed by atoms with Crippen LogP contribution < -0.4 is 11.3 Å². The van der Waals surface area contributed by atoms with Gasteiger partial charge < -0.3 is 0 Å². The van der Waals surface area contributed by atoms with Crippen LogP contribution in [-0.2, 0) is 6.54 Å². The molecular formula is C13H19N3OS. The first-order chi connectivity index (χ1) is 8.81. The molecule has 0 spiro atoms. The van der Waals surface area contributed by atoms with Crippen LogP contribution in [-0.4, -0.2) is 35.4 Å². The molecule has 5 heteroatoms. The SMILES string of the molecule is NNC(=O)c1ccccc1CN1CCCSCC1. The molecule has 0 unspecified atom stereocenters. The Labute approximate surface area is 112 Å². The van der Waals surface area contributed by atoms with Crippen molar-refractivity contribution in [3.63, 3.8) is 0 Å². The summed E-state index contributed by atoms with van der Waals surface area (Å²) >= 11 is 2.00. The van der Waals surface area contributed by atoms with E-state index in [4.69, 9.17) is 5.84 Å². The molecule has 1 saturated heterocycles. The molecule has 0 aromatic heterocycles. The number of nitrogens with two attached hydrogens (primary N) is 1. The summed E-state index contributed by atoms with van der Waals surface area (Å²) in [4.78, 5) is 14.1. The number of nitrogens with zero attached hydrogens (tertiary/aromatic N) is 1. The molecule has 0 aliphatic carbocycles. The molecule has 1 aliphatic rings. The molecule has 2 rings (SSSR count). The van der Waals surface area contributed by atoms with Gasteiger partial charge in [0.1, 0.15) is 0 Å². The van der Waals surface area contributed by atoms with Crippen LogP contribution >= 0.6 is 11.8 Å². The number of hydrazine groups is 1. The fourth-order valence-electron chi connectivity index (χ4n) is 2.15. The van der Waals surface area contributed by atoms with Gasteiger partial charge in [0.2, 0.25) is 0 Å². The highest BCUT2D eigenvalue weighted by atomic mass is 32.2. The fourth-order valence-corrected chi connectivity index (χ4v) is 3.08. The summed E-state index contributed by atoms with van der Waals surface area (Å²) in [5, 5.41) is 0. The van der Waals surface area contributed by atoms with Gasteiger partial charge in [-0.1, -0.05) is 18.2 Å². The van der Waals surface area contributed by atoms with Crippen molar-refractivity contribution in [2.24, 2.45) is 5.84 Å². The van der Waals surface area contributed by atoms with Gasteiger partial charge in [0.05, 0.1) is 0 Å². The van der Waals surface area contributed by atoms with Crippen LogP contribution in [0.3, 0.4) is 0 Å². The third-order valence-corrected chi connectivity index (χ3v) is 4.15. The van der Waals surface area contributed by atoms with Gasteiger partial charge in [0.15, 0.2) is 0 Å². The van der Waals surface area contributed by atoms with Crippen molar-refractivity contribution < 1.29 is 4.79 Å².